The number of hydrogen-bond acceptors (Lipinski definition) is 3. The predicted molar refractivity (Wildman–Crippen MR) is 101 cm³/mol. The molecule has 0 radical (unpaired) electrons. The third-order valence-electron chi connectivity index (χ3n) is 6.24. The lowest BCUT2D eigenvalue weighted by Crippen LogP contribution is -2.37. The highest BCUT2D eigenvalue weighted by Gasteiger charge is 2.56. The molecule has 0 spiro atoms. The Kier molecular flexibility index (Phi) is 4.48. The third kappa shape index (κ3) is 2.80. The molecule has 2 aliphatic rings. The molecule has 0 unspecified atom stereocenters. The normalized spacial score (nSPS) is 24.0. The molecule has 1 saturated carbocycles. The molecule has 1 aliphatic heterocycles. The summed E-state index contributed by atoms with van der Waals surface area (Å²) < 4.78 is 14.9. The van der Waals surface area contributed by atoms with Gasteiger partial charge in [-0.25, -0.2) is 9.07 Å². The van der Waals surface area contributed by atoms with Gasteiger partial charge in [-0.15, -0.1) is 0 Å². The van der Waals surface area contributed by atoms with Gasteiger partial charge >= 0.3 is 5.97 Å². The van der Waals surface area contributed by atoms with E-state index in [0.717, 1.165) is 18.5 Å². The summed E-state index contributed by atoms with van der Waals surface area (Å²) in [6.45, 7) is 4.69. The highest BCUT2D eigenvalue weighted by Crippen LogP contribution is 2.49. The van der Waals surface area contributed by atoms with Crippen LogP contribution in [0.15, 0.2) is 30.5 Å². The molecule has 1 N–H and O–H groups in total. The van der Waals surface area contributed by atoms with Gasteiger partial charge in [0.1, 0.15) is 5.82 Å². The van der Waals surface area contributed by atoms with E-state index in [4.69, 9.17) is 0 Å². The van der Waals surface area contributed by atoms with Gasteiger partial charge in [0.2, 0.25) is 0 Å². The summed E-state index contributed by atoms with van der Waals surface area (Å²) in [5.74, 6) is -1.27. The van der Waals surface area contributed by atoms with Gasteiger partial charge in [-0.1, -0.05) is 20.3 Å². The molecule has 0 bridgehead atoms. The van der Waals surface area contributed by atoms with Crippen molar-refractivity contribution in [1.82, 2.24) is 14.7 Å². The lowest BCUT2D eigenvalue weighted by atomic mass is 9.81. The van der Waals surface area contributed by atoms with Crippen LogP contribution in [0.1, 0.15) is 55.1 Å². The van der Waals surface area contributed by atoms with Crippen LogP contribution in [0.25, 0.3) is 5.69 Å². The maximum atomic E-state index is 13.3. The van der Waals surface area contributed by atoms with Gasteiger partial charge in [-0.2, -0.15) is 5.10 Å². The van der Waals surface area contributed by atoms with E-state index < -0.39 is 11.4 Å². The van der Waals surface area contributed by atoms with Crippen LogP contribution in [-0.4, -0.2) is 44.8 Å². The number of carboxylic acids is 1. The number of rotatable bonds is 4. The van der Waals surface area contributed by atoms with Crippen molar-refractivity contribution in [1.29, 1.82) is 0 Å². The van der Waals surface area contributed by atoms with Gasteiger partial charge in [0, 0.05) is 13.1 Å². The Morgan fingerprint density at radius 3 is 2.61 bits per heavy atom. The number of carbonyl (C=O) groups excluding carboxylic acids is 1. The number of hydrogen-bond donors (Lipinski definition) is 1. The van der Waals surface area contributed by atoms with Crippen molar-refractivity contribution >= 4 is 11.9 Å². The minimum absolute atomic E-state index is 0.0158. The Morgan fingerprint density at radius 1 is 1.29 bits per heavy atom. The quantitative estimate of drug-likeness (QED) is 0.875. The first-order chi connectivity index (χ1) is 13.3. The first-order valence-corrected chi connectivity index (χ1v) is 9.70. The molecule has 28 heavy (non-hydrogen) atoms. The van der Waals surface area contributed by atoms with Crippen LogP contribution in [0.3, 0.4) is 0 Å². The second-order valence-electron chi connectivity index (χ2n) is 8.22. The van der Waals surface area contributed by atoms with Gasteiger partial charge in [0.05, 0.1) is 28.6 Å². The number of fused-ring (bicyclic) bond motifs is 1. The van der Waals surface area contributed by atoms with Gasteiger partial charge in [0.15, 0.2) is 0 Å². The Morgan fingerprint density at radius 2 is 2.00 bits per heavy atom. The summed E-state index contributed by atoms with van der Waals surface area (Å²) in [6, 6.07) is 5.98. The molecule has 2 aromatic rings. The van der Waals surface area contributed by atoms with Crippen LogP contribution in [0.2, 0.25) is 0 Å². The predicted octanol–water partition coefficient (Wildman–Crippen LogP) is 3.46. The van der Waals surface area contributed by atoms with E-state index >= 15 is 0 Å². The molecule has 1 amide bonds. The molecule has 2 fully saturated rings. The lowest BCUT2D eigenvalue weighted by molar-refractivity contribution is -0.149. The maximum absolute atomic E-state index is 13.3. The summed E-state index contributed by atoms with van der Waals surface area (Å²) in [4.78, 5) is 26.9. The number of nitrogens with zero attached hydrogens (tertiary/aromatic N) is 3. The van der Waals surface area contributed by atoms with Crippen molar-refractivity contribution < 1.29 is 19.1 Å². The van der Waals surface area contributed by atoms with Crippen molar-refractivity contribution in [2.75, 3.05) is 13.1 Å². The van der Waals surface area contributed by atoms with E-state index in [1.54, 1.807) is 27.9 Å². The Bertz CT molecular complexity index is 921. The fourth-order valence-corrected chi connectivity index (χ4v) is 4.83. The zero-order valence-corrected chi connectivity index (χ0v) is 16.1. The van der Waals surface area contributed by atoms with Crippen molar-refractivity contribution in [3.8, 4) is 5.69 Å². The number of benzene rings is 1. The van der Waals surface area contributed by atoms with E-state index in [1.807, 2.05) is 13.8 Å². The second-order valence-corrected chi connectivity index (χ2v) is 8.22. The number of aromatic nitrogens is 2. The van der Waals surface area contributed by atoms with Crippen LogP contribution in [0.4, 0.5) is 4.39 Å². The van der Waals surface area contributed by atoms with E-state index in [-0.39, 0.29) is 30.1 Å². The summed E-state index contributed by atoms with van der Waals surface area (Å²) in [7, 11) is 0. The first-order valence-electron chi connectivity index (χ1n) is 9.70. The molecule has 1 saturated heterocycles. The number of likely N-dealkylation sites (tertiary alicyclic amines) is 1. The number of halogens is 1. The van der Waals surface area contributed by atoms with Crippen molar-refractivity contribution in [3.05, 3.63) is 47.5 Å². The fourth-order valence-electron chi connectivity index (χ4n) is 4.83. The number of amides is 1. The zero-order valence-electron chi connectivity index (χ0n) is 16.1. The standard InChI is InChI=1S/C21H24FN3O3/c1-13(2)18-17(10-23-25(18)16-7-5-15(22)6-8-16)19(26)24-11-14-4-3-9-21(14,12-24)20(27)28/h5-8,10,13-14H,3-4,9,11-12H2,1-2H3,(H,27,28)/t14-,21+/m0/s1. The lowest BCUT2D eigenvalue weighted by Gasteiger charge is -2.23. The van der Waals surface area contributed by atoms with Crippen molar-refractivity contribution in [2.24, 2.45) is 11.3 Å². The number of carbonyl (C=O) groups is 2. The molecular weight excluding hydrogens is 361 g/mol. The van der Waals surface area contributed by atoms with Gasteiger partial charge < -0.3 is 10.0 Å². The Labute approximate surface area is 163 Å². The Balaban J connectivity index is 1.67. The fraction of sp³-hybridized carbons (Fsp3) is 0.476. The first kappa shape index (κ1) is 18.7. The van der Waals surface area contributed by atoms with Gasteiger partial charge in [0.25, 0.3) is 5.91 Å². The van der Waals surface area contributed by atoms with Crippen molar-refractivity contribution in [2.45, 2.75) is 39.0 Å². The van der Waals surface area contributed by atoms with E-state index in [1.165, 1.54) is 12.1 Å². The van der Waals surface area contributed by atoms with E-state index in [9.17, 15) is 19.1 Å². The molecule has 1 aromatic heterocycles. The van der Waals surface area contributed by atoms with E-state index in [2.05, 4.69) is 5.10 Å². The molecule has 1 aliphatic carbocycles. The summed E-state index contributed by atoms with van der Waals surface area (Å²) in [5.41, 5.74) is 1.11. The summed E-state index contributed by atoms with van der Waals surface area (Å²) >= 11 is 0. The van der Waals surface area contributed by atoms with Crippen LogP contribution >= 0.6 is 0 Å². The molecule has 148 valence electrons. The van der Waals surface area contributed by atoms with Crippen LogP contribution < -0.4 is 0 Å². The highest BCUT2D eigenvalue weighted by atomic mass is 19.1. The molecule has 2 heterocycles. The summed E-state index contributed by atoms with van der Waals surface area (Å²) in [5, 5.41) is 14.2. The molecule has 2 atom stereocenters. The smallest absolute Gasteiger partial charge is 0.311 e. The number of carboxylic acid groups (broad SMARTS) is 1. The highest BCUT2D eigenvalue weighted by molar-refractivity contribution is 5.96. The minimum atomic E-state index is -0.805. The largest absolute Gasteiger partial charge is 0.481 e. The zero-order chi connectivity index (χ0) is 20.1. The Hall–Kier alpha value is -2.70. The average molecular weight is 385 g/mol. The van der Waals surface area contributed by atoms with Gasteiger partial charge in [-0.3, -0.25) is 9.59 Å². The average Bonchev–Trinajstić information content (AvgIpc) is 3.34. The monoisotopic (exact) mass is 385 g/mol. The van der Waals surface area contributed by atoms with Crippen LogP contribution in [0, 0.1) is 17.2 Å². The van der Waals surface area contributed by atoms with Crippen molar-refractivity contribution in [3.63, 3.8) is 0 Å². The third-order valence-corrected chi connectivity index (χ3v) is 6.24. The van der Waals surface area contributed by atoms with Crippen LogP contribution in [0.5, 0.6) is 0 Å². The second kappa shape index (κ2) is 6.72. The van der Waals surface area contributed by atoms with Crippen LogP contribution in [-0.2, 0) is 4.79 Å². The molecular formula is C21H24FN3O3. The topological polar surface area (TPSA) is 75.4 Å². The minimum Gasteiger partial charge on any atom is -0.481 e. The number of aliphatic carboxylic acids is 1. The molecule has 1 aromatic carbocycles. The SMILES string of the molecule is CC(C)c1c(C(=O)N2C[C@@H]3CCC[C@@]3(C(=O)O)C2)cnn1-c1ccc(F)cc1. The molecule has 6 nitrogen and oxygen atoms in total. The molecule has 4 rings (SSSR count). The molecule has 7 heteroatoms. The van der Waals surface area contributed by atoms with Gasteiger partial charge in [-0.05, 0) is 48.9 Å². The maximum Gasteiger partial charge on any atom is 0.311 e. The summed E-state index contributed by atoms with van der Waals surface area (Å²) in [6.07, 6.45) is 3.92. The van der Waals surface area contributed by atoms with E-state index in [0.29, 0.717) is 24.2 Å².